The monoisotopic (exact) mass is 451 g/mol. The first-order valence-corrected chi connectivity index (χ1v) is 11.1. The number of hydrogen-bond donors (Lipinski definition) is 0. The van der Waals surface area contributed by atoms with E-state index < -0.39 is 5.60 Å². The van der Waals surface area contributed by atoms with Crippen LogP contribution in [-0.2, 0) is 4.74 Å². The van der Waals surface area contributed by atoms with E-state index in [1.165, 1.54) is 0 Å². The Bertz CT molecular complexity index is 1040. The molecule has 2 aromatic rings. The molecule has 2 aromatic carbocycles. The van der Waals surface area contributed by atoms with Gasteiger partial charge >= 0.3 is 6.09 Å². The highest BCUT2D eigenvalue weighted by Crippen LogP contribution is 2.35. The Morgan fingerprint density at radius 3 is 2.45 bits per heavy atom. The first kappa shape index (κ1) is 24.3. The average Bonchev–Trinajstić information content (AvgIpc) is 3.26. The SMILES string of the molecule is COc1ccc(C#CC[C@H]2CCCN2C(=O)OC(C)(C)C)c(-c2ccc(OC)c(OC)c2)c1. The number of methoxy groups -OCH3 is 3. The van der Waals surface area contributed by atoms with E-state index in [-0.39, 0.29) is 12.1 Å². The predicted molar refractivity (Wildman–Crippen MR) is 129 cm³/mol. The fourth-order valence-electron chi connectivity index (χ4n) is 3.87. The molecule has 1 saturated heterocycles. The molecule has 3 rings (SSSR count). The third kappa shape index (κ3) is 6.13. The second kappa shape index (κ2) is 10.5. The normalized spacial score (nSPS) is 15.5. The molecule has 33 heavy (non-hydrogen) atoms. The molecule has 6 heteroatoms. The summed E-state index contributed by atoms with van der Waals surface area (Å²) in [4.78, 5) is 14.4. The van der Waals surface area contributed by atoms with E-state index in [2.05, 4.69) is 11.8 Å². The van der Waals surface area contributed by atoms with Gasteiger partial charge in [0.1, 0.15) is 11.4 Å². The zero-order valence-electron chi connectivity index (χ0n) is 20.4. The minimum atomic E-state index is -0.507. The Kier molecular flexibility index (Phi) is 7.75. The van der Waals surface area contributed by atoms with E-state index in [0.717, 1.165) is 35.3 Å². The van der Waals surface area contributed by atoms with Crippen molar-refractivity contribution < 1.29 is 23.7 Å². The maximum absolute atomic E-state index is 12.5. The molecule has 0 bridgehead atoms. The standard InChI is InChI=1S/C27H33NO5/c1-27(2,3)33-26(29)28-16-8-11-21(28)10-7-9-19-12-14-22(30-4)18-23(19)20-13-15-24(31-5)25(17-20)32-6/h12-15,17-18,21H,8,10-11,16H2,1-6H3/t21-/m0/s1. The Labute approximate surface area is 196 Å². The van der Waals surface area contributed by atoms with Crippen molar-refractivity contribution in [3.63, 3.8) is 0 Å². The van der Waals surface area contributed by atoms with Crippen LogP contribution in [0.3, 0.4) is 0 Å². The zero-order valence-corrected chi connectivity index (χ0v) is 20.4. The van der Waals surface area contributed by atoms with E-state index in [1.54, 1.807) is 21.3 Å². The van der Waals surface area contributed by atoms with Crippen LogP contribution in [0.4, 0.5) is 4.79 Å². The van der Waals surface area contributed by atoms with Crippen molar-refractivity contribution in [1.29, 1.82) is 0 Å². The molecule has 0 radical (unpaired) electrons. The van der Waals surface area contributed by atoms with E-state index in [4.69, 9.17) is 18.9 Å². The highest BCUT2D eigenvalue weighted by Gasteiger charge is 2.31. The zero-order chi connectivity index (χ0) is 24.0. The highest BCUT2D eigenvalue weighted by molar-refractivity contribution is 5.75. The number of likely N-dealkylation sites (tertiary alicyclic amines) is 1. The lowest BCUT2D eigenvalue weighted by molar-refractivity contribution is 0.0230. The summed E-state index contributed by atoms with van der Waals surface area (Å²) in [6.45, 7) is 6.36. The van der Waals surface area contributed by atoms with Crippen LogP contribution in [0, 0.1) is 11.8 Å². The van der Waals surface area contributed by atoms with Gasteiger partial charge in [-0.3, -0.25) is 0 Å². The van der Waals surface area contributed by atoms with Gasteiger partial charge in [0.05, 0.1) is 21.3 Å². The molecule has 0 N–H and O–H groups in total. The van der Waals surface area contributed by atoms with Crippen LogP contribution >= 0.6 is 0 Å². The van der Waals surface area contributed by atoms with Crippen LogP contribution in [0.5, 0.6) is 17.2 Å². The van der Waals surface area contributed by atoms with Crippen molar-refractivity contribution in [2.24, 2.45) is 0 Å². The quantitative estimate of drug-likeness (QED) is 0.560. The number of benzene rings is 2. The number of nitrogens with zero attached hydrogens (tertiary/aromatic N) is 1. The predicted octanol–water partition coefficient (Wildman–Crippen LogP) is 5.52. The van der Waals surface area contributed by atoms with Gasteiger partial charge in [-0.1, -0.05) is 17.9 Å². The molecule has 0 saturated carbocycles. The third-order valence-electron chi connectivity index (χ3n) is 5.49. The van der Waals surface area contributed by atoms with Gasteiger partial charge in [-0.15, -0.1) is 0 Å². The van der Waals surface area contributed by atoms with Gasteiger partial charge in [0.15, 0.2) is 11.5 Å². The number of hydrogen-bond acceptors (Lipinski definition) is 5. The van der Waals surface area contributed by atoms with E-state index in [1.807, 2.05) is 62.1 Å². The third-order valence-corrected chi connectivity index (χ3v) is 5.49. The van der Waals surface area contributed by atoms with Gasteiger partial charge in [-0.25, -0.2) is 4.79 Å². The van der Waals surface area contributed by atoms with Crippen molar-refractivity contribution in [2.45, 2.75) is 51.7 Å². The van der Waals surface area contributed by atoms with Crippen LogP contribution in [0.25, 0.3) is 11.1 Å². The van der Waals surface area contributed by atoms with E-state index in [0.29, 0.717) is 24.5 Å². The van der Waals surface area contributed by atoms with Gasteiger partial charge in [0.25, 0.3) is 0 Å². The number of rotatable bonds is 5. The van der Waals surface area contributed by atoms with Crippen molar-refractivity contribution in [2.75, 3.05) is 27.9 Å². The molecule has 1 aliphatic heterocycles. The van der Waals surface area contributed by atoms with Crippen LogP contribution in [0.1, 0.15) is 45.6 Å². The summed E-state index contributed by atoms with van der Waals surface area (Å²) in [5, 5.41) is 0. The molecule has 1 heterocycles. The molecule has 1 fully saturated rings. The first-order chi connectivity index (χ1) is 15.8. The molecule has 1 atom stereocenters. The van der Waals surface area contributed by atoms with Gasteiger partial charge in [0, 0.05) is 30.1 Å². The van der Waals surface area contributed by atoms with Crippen LogP contribution in [-0.4, -0.2) is 50.5 Å². The lowest BCUT2D eigenvalue weighted by Gasteiger charge is -2.27. The lowest BCUT2D eigenvalue weighted by atomic mass is 9.98. The Balaban J connectivity index is 1.85. The highest BCUT2D eigenvalue weighted by atomic mass is 16.6. The van der Waals surface area contributed by atoms with Crippen molar-refractivity contribution in [1.82, 2.24) is 4.90 Å². The minimum absolute atomic E-state index is 0.0649. The molecule has 0 aromatic heterocycles. The smallest absolute Gasteiger partial charge is 0.410 e. The molecule has 6 nitrogen and oxygen atoms in total. The van der Waals surface area contributed by atoms with Crippen molar-refractivity contribution in [3.8, 4) is 40.2 Å². The van der Waals surface area contributed by atoms with Gasteiger partial charge in [-0.05, 0) is 69.5 Å². The summed E-state index contributed by atoms with van der Waals surface area (Å²) in [7, 11) is 4.87. The van der Waals surface area contributed by atoms with Gasteiger partial charge < -0.3 is 23.8 Å². The fraction of sp³-hybridized carbons (Fsp3) is 0.444. The summed E-state index contributed by atoms with van der Waals surface area (Å²) in [6.07, 6.45) is 2.23. The molecule has 0 aliphatic carbocycles. The Morgan fingerprint density at radius 2 is 1.79 bits per heavy atom. The summed E-state index contributed by atoms with van der Waals surface area (Å²) in [6, 6.07) is 11.7. The first-order valence-electron chi connectivity index (χ1n) is 11.1. The van der Waals surface area contributed by atoms with Crippen molar-refractivity contribution in [3.05, 3.63) is 42.0 Å². The molecule has 0 unspecified atom stereocenters. The fourth-order valence-corrected chi connectivity index (χ4v) is 3.87. The van der Waals surface area contributed by atoms with Gasteiger partial charge in [0.2, 0.25) is 0 Å². The van der Waals surface area contributed by atoms with Crippen molar-refractivity contribution >= 4 is 6.09 Å². The molecular weight excluding hydrogens is 418 g/mol. The second-order valence-corrected chi connectivity index (χ2v) is 8.96. The second-order valence-electron chi connectivity index (χ2n) is 8.96. The molecule has 176 valence electrons. The Hall–Kier alpha value is -3.33. The number of amides is 1. The summed E-state index contributed by atoms with van der Waals surface area (Å²) in [5.41, 5.74) is 2.27. The van der Waals surface area contributed by atoms with Gasteiger partial charge in [-0.2, -0.15) is 0 Å². The van der Waals surface area contributed by atoms with E-state index in [9.17, 15) is 4.79 Å². The minimum Gasteiger partial charge on any atom is -0.497 e. The molecule has 1 amide bonds. The molecular formula is C27H33NO5. The van der Waals surface area contributed by atoms with Crippen LogP contribution in [0.2, 0.25) is 0 Å². The number of carbonyl (C=O) groups is 1. The van der Waals surface area contributed by atoms with Crippen LogP contribution < -0.4 is 14.2 Å². The molecule has 1 aliphatic rings. The maximum Gasteiger partial charge on any atom is 0.410 e. The van der Waals surface area contributed by atoms with E-state index >= 15 is 0 Å². The molecule has 0 spiro atoms. The summed E-state index contributed by atoms with van der Waals surface area (Å²) >= 11 is 0. The number of carbonyl (C=O) groups excluding carboxylic acids is 1. The largest absolute Gasteiger partial charge is 0.497 e. The topological polar surface area (TPSA) is 57.2 Å². The summed E-state index contributed by atoms with van der Waals surface area (Å²) in [5.74, 6) is 8.66. The van der Waals surface area contributed by atoms with Crippen LogP contribution in [0.15, 0.2) is 36.4 Å². The maximum atomic E-state index is 12.5. The Morgan fingerprint density at radius 1 is 1.03 bits per heavy atom. The lowest BCUT2D eigenvalue weighted by Crippen LogP contribution is -2.39. The average molecular weight is 452 g/mol. The summed E-state index contributed by atoms with van der Waals surface area (Å²) < 4.78 is 21.8. The number of ether oxygens (including phenoxy) is 4.